The third-order valence-electron chi connectivity index (χ3n) is 6.86. The number of benzene rings is 1. The molecular formula is C28H39N7O3. The number of ether oxygens (including phenoxy) is 1. The highest BCUT2D eigenvalue weighted by molar-refractivity contribution is 5.73. The average Bonchev–Trinajstić information content (AvgIpc) is 3.08. The Morgan fingerprint density at radius 2 is 1.79 bits per heavy atom. The van der Waals surface area contributed by atoms with Crippen LogP contribution in [0.15, 0.2) is 30.7 Å². The molecule has 4 rings (SSSR count). The van der Waals surface area contributed by atoms with E-state index < -0.39 is 0 Å². The second-order valence-corrected chi connectivity index (χ2v) is 9.88. The summed E-state index contributed by atoms with van der Waals surface area (Å²) in [4.78, 5) is 25.7. The van der Waals surface area contributed by atoms with Gasteiger partial charge in [-0.15, -0.1) is 0 Å². The van der Waals surface area contributed by atoms with Crippen LogP contribution in [0.4, 0.5) is 16.4 Å². The van der Waals surface area contributed by atoms with Gasteiger partial charge in [-0.25, -0.2) is 9.78 Å². The van der Waals surface area contributed by atoms with Crippen LogP contribution >= 0.6 is 0 Å². The highest BCUT2D eigenvalue weighted by atomic mass is 16.5. The lowest BCUT2D eigenvalue weighted by atomic mass is 10.1. The van der Waals surface area contributed by atoms with Crippen molar-refractivity contribution in [2.24, 2.45) is 0 Å². The summed E-state index contributed by atoms with van der Waals surface area (Å²) in [6.07, 6.45) is 7.06. The Bertz CT molecular complexity index is 1250. The highest BCUT2D eigenvalue weighted by Gasteiger charge is 2.19. The number of amides is 2. The number of hydrogen-bond acceptors (Lipinski definition) is 7. The van der Waals surface area contributed by atoms with Crippen LogP contribution in [0.3, 0.4) is 0 Å². The van der Waals surface area contributed by atoms with E-state index in [1.807, 2.05) is 44.0 Å². The molecule has 0 bridgehead atoms. The molecule has 2 aromatic heterocycles. The lowest BCUT2D eigenvalue weighted by molar-refractivity contribution is 0.199. The molecule has 10 nitrogen and oxygen atoms in total. The topological polar surface area (TPSA) is 108 Å². The van der Waals surface area contributed by atoms with E-state index in [1.165, 1.54) is 11.1 Å². The van der Waals surface area contributed by atoms with Gasteiger partial charge in [-0.3, -0.25) is 4.90 Å². The fraction of sp³-hybridized carbons (Fsp3) is 0.464. The molecule has 3 aromatic rings. The molecule has 3 heterocycles. The van der Waals surface area contributed by atoms with E-state index in [1.54, 1.807) is 7.05 Å². The summed E-state index contributed by atoms with van der Waals surface area (Å²) in [6, 6.07) is 3.98. The molecule has 3 N–H and O–H groups in total. The van der Waals surface area contributed by atoms with Crippen molar-refractivity contribution in [1.29, 1.82) is 0 Å². The Labute approximate surface area is 224 Å². The van der Waals surface area contributed by atoms with Crippen molar-refractivity contribution in [3.63, 3.8) is 0 Å². The number of aliphatic hydroxyl groups is 1. The van der Waals surface area contributed by atoms with Crippen molar-refractivity contribution in [1.82, 2.24) is 29.7 Å². The minimum atomic E-state index is -0.0201. The first-order chi connectivity index (χ1) is 18.3. The van der Waals surface area contributed by atoms with Crippen LogP contribution in [0.25, 0.3) is 5.82 Å². The summed E-state index contributed by atoms with van der Waals surface area (Å²) in [5.74, 6) is 2.13. The van der Waals surface area contributed by atoms with E-state index in [-0.39, 0.29) is 19.2 Å². The van der Waals surface area contributed by atoms with Crippen LogP contribution in [0.5, 0.6) is 5.75 Å². The number of carbonyl (C=O) groups is 1. The van der Waals surface area contributed by atoms with Gasteiger partial charge in [0.25, 0.3) is 0 Å². The summed E-state index contributed by atoms with van der Waals surface area (Å²) < 4.78 is 7.75. The van der Waals surface area contributed by atoms with Gasteiger partial charge in [-0.2, -0.15) is 4.98 Å². The number of nitrogens with zero attached hydrogens (tertiary/aromatic N) is 5. The smallest absolute Gasteiger partial charge is 0.317 e. The predicted octanol–water partition coefficient (Wildman–Crippen LogP) is 3.46. The number of carbonyl (C=O) groups excluding carboxylic acids is 1. The van der Waals surface area contributed by atoms with Gasteiger partial charge in [0.15, 0.2) is 0 Å². The number of hydrogen-bond donors (Lipinski definition) is 3. The van der Waals surface area contributed by atoms with Crippen molar-refractivity contribution in [2.75, 3.05) is 51.8 Å². The summed E-state index contributed by atoms with van der Waals surface area (Å²) in [6.45, 7) is 12.5. The molecule has 1 saturated heterocycles. The van der Waals surface area contributed by atoms with Crippen LogP contribution in [0.1, 0.15) is 34.2 Å². The molecule has 204 valence electrons. The summed E-state index contributed by atoms with van der Waals surface area (Å²) in [5.41, 5.74) is 6.26. The monoisotopic (exact) mass is 521 g/mol. The first-order valence-electron chi connectivity index (χ1n) is 13.1. The second kappa shape index (κ2) is 12.3. The Morgan fingerprint density at radius 3 is 2.50 bits per heavy atom. The minimum absolute atomic E-state index is 0.00544. The Balaban J connectivity index is 1.49. The SMILES string of the molecule is CNC(=O)N1CCCN(Cc2cn(-c3nc(Nc4cc(C)c(OCCO)c(C)c4)ncc3C)cc2C)CC1. The van der Waals surface area contributed by atoms with Crippen LogP contribution in [0, 0.1) is 27.7 Å². The first-order valence-corrected chi connectivity index (χ1v) is 13.1. The first kappa shape index (κ1) is 27.4. The van der Waals surface area contributed by atoms with Crippen molar-refractivity contribution in [3.8, 4) is 11.6 Å². The van der Waals surface area contributed by atoms with Crippen LogP contribution in [-0.2, 0) is 6.54 Å². The number of aromatic nitrogens is 3. The van der Waals surface area contributed by atoms with E-state index in [4.69, 9.17) is 14.8 Å². The van der Waals surface area contributed by atoms with E-state index in [0.717, 1.165) is 73.1 Å². The van der Waals surface area contributed by atoms with Gasteiger partial charge >= 0.3 is 6.03 Å². The largest absolute Gasteiger partial charge is 0.491 e. The number of aryl methyl sites for hydroxylation is 4. The number of anilines is 2. The van der Waals surface area contributed by atoms with E-state index in [0.29, 0.717) is 5.95 Å². The quantitative estimate of drug-likeness (QED) is 0.417. The molecule has 0 unspecified atom stereocenters. The van der Waals surface area contributed by atoms with Crippen molar-refractivity contribution in [2.45, 2.75) is 40.7 Å². The Hall–Kier alpha value is -3.63. The highest BCUT2D eigenvalue weighted by Crippen LogP contribution is 2.29. The Kier molecular flexibility index (Phi) is 8.85. The van der Waals surface area contributed by atoms with E-state index in [2.05, 4.69) is 44.4 Å². The number of nitrogens with one attached hydrogen (secondary N) is 2. The van der Waals surface area contributed by atoms with Crippen molar-refractivity contribution < 1.29 is 14.6 Å². The van der Waals surface area contributed by atoms with Gasteiger partial charge < -0.3 is 29.9 Å². The minimum Gasteiger partial charge on any atom is -0.491 e. The fourth-order valence-corrected chi connectivity index (χ4v) is 4.90. The molecule has 1 aliphatic rings. The van der Waals surface area contributed by atoms with Gasteiger partial charge in [0.1, 0.15) is 18.2 Å². The number of aliphatic hydroxyl groups excluding tert-OH is 1. The molecular weight excluding hydrogens is 482 g/mol. The zero-order valence-electron chi connectivity index (χ0n) is 23.0. The summed E-state index contributed by atoms with van der Waals surface area (Å²) >= 11 is 0. The standard InChI is InChI=1S/C28H39N7O3/c1-19-13-24(14-20(2)25(19)38-12-11-36)31-27-30-15-21(3)26(32-27)35-16-22(4)23(18-35)17-33-7-6-8-34(10-9-33)28(37)29-5/h13-16,18,36H,6-12,17H2,1-5H3,(H,29,37)(H,30,31,32). The van der Waals surface area contributed by atoms with Crippen LogP contribution < -0.4 is 15.4 Å². The van der Waals surface area contributed by atoms with Crippen molar-refractivity contribution >= 4 is 17.7 Å². The van der Waals surface area contributed by atoms with Crippen LogP contribution in [0.2, 0.25) is 0 Å². The summed E-state index contributed by atoms with van der Waals surface area (Å²) in [5, 5.41) is 15.1. The van der Waals surface area contributed by atoms with Gasteiger partial charge in [0.2, 0.25) is 5.95 Å². The molecule has 0 radical (unpaired) electrons. The maximum atomic E-state index is 12.0. The summed E-state index contributed by atoms with van der Waals surface area (Å²) in [7, 11) is 1.68. The molecule has 1 fully saturated rings. The molecule has 0 aliphatic carbocycles. The molecule has 1 aliphatic heterocycles. The van der Waals surface area contributed by atoms with Gasteiger partial charge in [0, 0.05) is 69.6 Å². The maximum absolute atomic E-state index is 12.0. The predicted molar refractivity (Wildman–Crippen MR) is 149 cm³/mol. The third-order valence-corrected chi connectivity index (χ3v) is 6.86. The molecule has 1 aromatic carbocycles. The molecule has 0 spiro atoms. The molecule has 0 atom stereocenters. The molecule has 0 saturated carbocycles. The maximum Gasteiger partial charge on any atom is 0.317 e. The molecule has 2 amide bonds. The second-order valence-electron chi connectivity index (χ2n) is 9.88. The molecule has 10 heteroatoms. The van der Waals surface area contributed by atoms with Crippen molar-refractivity contribution in [3.05, 3.63) is 58.5 Å². The number of rotatable bonds is 8. The molecule has 38 heavy (non-hydrogen) atoms. The van der Waals surface area contributed by atoms with Gasteiger partial charge in [-0.1, -0.05) is 0 Å². The lowest BCUT2D eigenvalue weighted by Gasteiger charge is -2.21. The zero-order chi connectivity index (χ0) is 27.2. The number of urea groups is 1. The van der Waals surface area contributed by atoms with Gasteiger partial charge in [0.05, 0.1) is 6.61 Å². The average molecular weight is 522 g/mol. The Morgan fingerprint density at radius 1 is 1.03 bits per heavy atom. The van der Waals surface area contributed by atoms with E-state index in [9.17, 15) is 4.79 Å². The van der Waals surface area contributed by atoms with E-state index >= 15 is 0 Å². The lowest BCUT2D eigenvalue weighted by Crippen LogP contribution is -2.40. The normalized spacial score (nSPS) is 14.3. The third kappa shape index (κ3) is 6.43. The van der Waals surface area contributed by atoms with Crippen LogP contribution in [-0.4, -0.2) is 81.9 Å². The van der Waals surface area contributed by atoms with Gasteiger partial charge in [-0.05, 0) is 68.5 Å². The zero-order valence-corrected chi connectivity index (χ0v) is 23.0. The fourth-order valence-electron chi connectivity index (χ4n) is 4.90.